The van der Waals surface area contributed by atoms with Crippen molar-refractivity contribution in [2.75, 3.05) is 12.4 Å². The minimum atomic E-state index is 0. The van der Waals surface area contributed by atoms with Gasteiger partial charge < -0.3 is 10.1 Å². The minimum Gasteiger partial charge on any atom is -0.497 e. The molecule has 0 radical (unpaired) electrons. The minimum absolute atomic E-state index is 0. The van der Waals surface area contributed by atoms with Crippen molar-refractivity contribution in [3.8, 4) is 5.75 Å². The first-order chi connectivity index (χ1) is 10.2. The van der Waals surface area contributed by atoms with Crippen LogP contribution >= 0.6 is 12.4 Å². The first-order valence-electron chi connectivity index (χ1n) is 6.80. The lowest BCUT2D eigenvalue weighted by atomic mass is 10.1. The predicted molar refractivity (Wildman–Crippen MR) is 92.5 cm³/mol. The topological polar surface area (TPSA) is 47.0 Å². The van der Waals surface area contributed by atoms with Crippen LogP contribution in [0.3, 0.4) is 0 Å². The van der Waals surface area contributed by atoms with Gasteiger partial charge in [-0.05, 0) is 61.4 Å². The first-order valence-corrected chi connectivity index (χ1v) is 6.80. The summed E-state index contributed by atoms with van der Waals surface area (Å²) >= 11 is 0. The van der Waals surface area contributed by atoms with E-state index < -0.39 is 0 Å². The number of ether oxygens (including phenoxy) is 1. The highest BCUT2D eigenvalue weighted by atomic mass is 35.5. The molecule has 0 unspecified atom stereocenters. The third-order valence-corrected chi connectivity index (χ3v) is 3.60. The van der Waals surface area contributed by atoms with Crippen molar-refractivity contribution in [1.82, 2.24) is 9.97 Å². The maximum absolute atomic E-state index is 5.17. The Morgan fingerprint density at radius 3 is 2.32 bits per heavy atom. The molecule has 0 aliphatic rings. The van der Waals surface area contributed by atoms with Gasteiger partial charge in [-0.25, -0.2) is 9.97 Å². The van der Waals surface area contributed by atoms with Crippen molar-refractivity contribution in [3.63, 3.8) is 0 Å². The Labute approximate surface area is 136 Å². The third-order valence-electron chi connectivity index (χ3n) is 3.60. The van der Waals surface area contributed by atoms with Gasteiger partial charge in [-0.15, -0.1) is 12.4 Å². The number of nitrogens with zero attached hydrogens (tertiary/aromatic N) is 2. The number of rotatable bonds is 3. The number of aryl methyl sites for hydroxylation is 2. The molecule has 0 spiro atoms. The predicted octanol–water partition coefficient (Wildman–Crippen LogP) is 4.42. The van der Waals surface area contributed by atoms with E-state index in [1.54, 1.807) is 13.4 Å². The van der Waals surface area contributed by atoms with Crippen LogP contribution in [0.25, 0.3) is 10.9 Å². The van der Waals surface area contributed by atoms with Crippen LogP contribution in [0.4, 0.5) is 11.5 Å². The molecule has 0 fully saturated rings. The Kier molecular flexibility index (Phi) is 4.83. The van der Waals surface area contributed by atoms with Crippen molar-refractivity contribution >= 4 is 34.8 Å². The highest BCUT2D eigenvalue weighted by Gasteiger charge is 2.06. The molecule has 0 bridgehead atoms. The summed E-state index contributed by atoms with van der Waals surface area (Å²) in [5.41, 5.74) is 4.38. The second kappa shape index (κ2) is 6.62. The molecule has 114 valence electrons. The lowest BCUT2D eigenvalue weighted by Crippen LogP contribution is -1.97. The van der Waals surface area contributed by atoms with E-state index in [4.69, 9.17) is 4.74 Å². The van der Waals surface area contributed by atoms with Crippen molar-refractivity contribution < 1.29 is 4.74 Å². The maximum Gasteiger partial charge on any atom is 0.141 e. The van der Waals surface area contributed by atoms with Crippen LogP contribution in [0.5, 0.6) is 5.75 Å². The standard InChI is InChI=1S/C17H17N3O.ClH/c1-11-8-15-16(9-12(11)2)18-10-19-17(15)20-13-4-6-14(21-3)7-5-13;/h4-10H,1-3H3,(H,18,19,20);1H. The molecule has 22 heavy (non-hydrogen) atoms. The van der Waals surface area contributed by atoms with E-state index in [0.717, 1.165) is 28.2 Å². The number of methoxy groups -OCH3 is 1. The lowest BCUT2D eigenvalue weighted by molar-refractivity contribution is 0.415. The third kappa shape index (κ3) is 3.12. The molecule has 1 N–H and O–H groups in total. The molecule has 1 heterocycles. The van der Waals surface area contributed by atoms with Gasteiger partial charge in [-0.3, -0.25) is 0 Å². The summed E-state index contributed by atoms with van der Waals surface area (Å²) in [7, 11) is 1.66. The SMILES string of the molecule is COc1ccc(Nc2ncnc3cc(C)c(C)cc23)cc1.Cl. The summed E-state index contributed by atoms with van der Waals surface area (Å²) in [6, 6.07) is 12.0. The summed E-state index contributed by atoms with van der Waals surface area (Å²) < 4.78 is 5.17. The summed E-state index contributed by atoms with van der Waals surface area (Å²) in [5.74, 6) is 1.65. The Morgan fingerprint density at radius 1 is 0.955 bits per heavy atom. The molecule has 0 saturated carbocycles. The summed E-state index contributed by atoms with van der Waals surface area (Å²) in [6.45, 7) is 4.19. The van der Waals surface area contributed by atoms with Gasteiger partial charge >= 0.3 is 0 Å². The normalized spacial score (nSPS) is 10.1. The smallest absolute Gasteiger partial charge is 0.141 e. The zero-order chi connectivity index (χ0) is 14.8. The van der Waals surface area contributed by atoms with E-state index in [1.165, 1.54) is 11.1 Å². The van der Waals surface area contributed by atoms with E-state index >= 15 is 0 Å². The van der Waals surface area contributed by atoms with E-state index in [0.29, 0.717) is 0 Å². The molecule has 1 aromatic heterocycles. The number of benzene rings is 2. The molecule has 5 heteroatoms. The highest BCUT2D eigenvalue weighted by Crippen LogP contribution is 2.26. The zero-order valence-electron chi connectivity index (χ0n) is 12.8. The van der Waals surface area contributed by atoms with E-state index in [9.17, 15) is 0 Å². The molecule has 0 aliphatic carbocycles. The van der Waals surface area contributed by atoms with E-state index in [1.807, 2.05) is 24.3 Å². The molecular weight excluding hydrogens is 298 g/mol. The quantitative estimate of drug-likeness (QED) is 0.777. The average molecular weight is 316 g/mol. The maximum atomic E-state index is 5.17. The zero-order valence-corrected chi connectivity index (χ0v) is 13.6. The van der Waals surface area contributed by atoms with Crippen LogP contribution in [0, 0.1) is 13.8 Å². The molecule has 0 saturated heterocycles. The highest BCUT2D eigenvalue weighted by molar-refractivity contribution is 5.91. The summed E-state index contributed by atoms with van der Waals surface area (Å²) in [6.07, 6.45) is 1.59. The lowest BCUT2D eigenvalue weighted by Gasteiger charge is -2.10. The average Bonchev–Trinajstić information content (AvgIpc) is 2.50. The van der Waals surface area contributed by atoms with Crippen molar-refractivity contribution in [1.29, 1.82) is 0 Å². The van der Waals surface area contributed by atoms with Gasteiger partial charge in [0.2, 0.25) is 0 Å². The largest absolute Gasteiger partial charge is 0.497 e. The van der Waals surface area contributed by atoms with Crippen molar-refractivity contribution in [2.45, 2.75) is 13.8 Å². The van der Waals surface area contributed by atoms with Gasteiger partial charge in [-0.2, -0.15) is 0 Å². The Morgan fingerprint density at radius 2 is 1.64 bits per heavy atom. The first kappa shape index (κ1) is 16.0. The summed E-state index contributed by atoms with van der Waals surface area (Å²) in [5, 5.41) is 4.36. The van der Waals surface area contributed by atoms with Crippen LogP contribution < -0.4 is 10.1 Å². The number of nitrogens with one attached hydrogen (secondary N) is 1. The number of anilines is 2. The second-order valence-electron chi connectivity index (χ2n) is 5.03. The second-order valence-corrected chi connectivity index (χ2v) is 5.03. The van der Waals surface area contributed by atoms with E-state index in [2.05, 4.69) is 41.3 Å². The van der Waals surface area contributed by atoms with Crippen LogP contribution in [0.1, 0.15) is 11.1 Å². The van der Waals surface area contributed by atoms with Crippen molar-refractivity contribution in [2.24, 2.45) is 0 Å². The monoisotopic (exact) mass is 315 g/mol. The van der Waals surface area contributed by atoms with Crippen LogP contribution in [-0.4, -0.2) is 17.1 Å². The number of halogens is 1. The van der Waals surface area contributed by atoms with Gasteiger partial charge in [0.15, 0.2) is 0 Å². The molecule has 0 aliphatic heterocycles. The molecular formula is C17H18ClN3O. The van der Waals surface area contributed by atoms with Gasteiger partial charge in [0.05, 0.1) is 12.6 Å². The van der Waals surface area contributed by atoms with Gasteiger partial charge in [-0.1, -0.05) is 0 Å². The van der Waals surface area contributed by atoms with Crippen LogP contribution in [-0.2, 0) is 0 Å². The molecule has 3 aromatic rings. The van der Waals surface area contributed by atoms with Crippen molar-refractivity contribution in [3.05, 3.63) is 53.9 Å². The molecule has 4 nitrogen and oxygen atoms in total. The number of hydrogen-bond acceptors (Lipinski definition) is 4. The van der Waals surface area contributed by atoms with Gasteiger partial charge in [0.1, 0.15) is 17.9 Å². The van der Waals surface area contributed by atoms with Crippen LogP contribution in [0.15, 0.2) is 42.7 Å². The molecule has 0 amide bonds. The number of hydrogen-bond donors (Lipinski definition) is 1. The Bertz CT molecular complexity index is 788. The van der Waals surface area contributed by atoms with Gasteiger partial charge in [0, 0.05) is 11.1 Å². The molecule has 2 aromatic carbocycles. The fraction of sp³-hybridized carbons (Fsp3) is 0.176. The van der Waals surface area contributed by atoms with Crippen LogP contribution in [0.2, 0.25) is 0 Å². The number of aromatic nitrogens is 2. The van der Waals surface area contributed by atoms with E-state index in [-0.39, 0.29) is 12.4 Å². The van der Waals surface area contributed by atoms with Gasteiger partial charge in [0.25, 0.3) is 0 Å². The fourth-order valence-electron chi connectivity index (χ4n) is 2.23. The molecule has 3 rings (SSSR count). The number of fused-ring (bicyclic) bond motifs is 1. The summed E-state index contributed by atoms with van der Waals surface area (Å²) in [4.78, 5) is 8.70. The Hall–Kier alpha value is -2.33. The fourth-order valence-corrected chi connectivity index (χ4v) is 2.23. The molecule has 0 atom stereocenters. The Balaban J connectivity index is 0.00000176.